The third-order valence-electron chi connectivity index (χ3n) is 2.60. The molecule has 4 nitrogen and oxygen atoms in total. The Kier molecular flexibility index (Phi) is 4.35. The van der Waals surface area contributed by atoms with Gasteiger partial charge in [0.2, 0.25) is 0 Å². The molecule has 0 aliphatic carbocycles. The minimum Gasteiger partial charge on any atom is -0.347 e. The molecule has 0 aromatic carbocycles. The maximum atomic E-state index is 12.0. The lowest BCUT2D eigenvalue weighted by Crippen LogP contribution is -2.24. The number of nitrogens with zero attached hydrogens (tertiary/aromatic N) is 2. The van der Waals surface area contributed by atoms with E-state index in [2.05, 4.69) is 15.3 Å². The zero-order valence-corrected chi connectivity index (χ0v) is 11.7. The fourth-order valence-electron chi connectivity index (χ4n) is 1.54. The molecule has 0 saturated carbocycles. The Bertz CT molecular complexity index is 617. The van der Waals surface area contributed by atoms with Crippen LogP contribution in [0.25, 0.3) is 0 Å². The van der Waals surface area contributed by atoms with E-state index in [0.717, 1.165) is 11.1 Å². The molecule has 98 valence electrons. The van der Waals surface area contributed by atoms with Crippen LogP contribution < -0.4 is 5.32 Å². The number of carbonyl (C=O) groups excluding carboxylic acids is 1. The molecule has 0 aliphatic heterocycles. The molecule has 0 spiro atoms. The van der Waals surface area contributed by atoms with Gasteiger partial charge in [-0.25, -0.2) is 4.98 Å². The number of rotatable bonds is 3. The smallest absolute Gasteiger partial charge is 0.271 e. The Hall–Kier alpha value is -1.65. The summed E-state index contributed by atoms with van der Waals surface area (Å²) >= 11 is 11.7. The van der Waals surface area contributed by atoms with Crippen molar-refractivity contribution in [2.75, 3.05) is 0 Å². The van der Waals surface area contributed by atoms with Gasteiger partial charge in [-0.05, 0) is 36.2 Å². The summed E-state index contributed by atoms with van der Waals surface area (Å²) in [7, 11) is 0. The third kappa shape index (κ3) is 3.43. The predicted molar refractivity (Wildman–Crippen MR) is 74.4 cm³/mol. The number of aromatic nitrogens is 2. The van der Waals surface area contributed by atoms with E-state index in [9.17, 15) is 4.79 Å². The van der Waals surface area contributed by atoms with Crippen LogP contribution in [0, 0.1) is 6.92 Å². The van der Waals surface area contributed by atoms with Crippen LogP contribution in [0.5, 0.6) is 0 Å². The highest BCUT2D eigenvalue weighted by Crippen LogP contribution is 2.16. The van der Waals surface area contributed by atoms with Gasteiger partial charge in [0, 0.05) is 18.9 Å². The van der Waals surface area contributed by atoms with Crippen molar-refractivity contribution in [1.29, 1.82) is 0 Å². The number of pyridine rings is 2. The molecule has 0 saturated heterocycles. The summed E-state index contributed by atoms with van der Waals surface area (Å²) in [4.78, 5) is 19.9. The minimum atomic E-state index is -0.358. The van der Waals surface area contributed by atoms with Crippen molar-refractivity contribution >= 4 is 29.1 Å². The Labute approximate surface area is 120 Å². The van der Waals surface area contributed by atoms with E-state index in [1.807, 2.05) is 13.0 Å². The van der Waals surface area contributed by atoms with E-state index in [1.165, 1.54) is 6.07 Å². The number of amides is 1. The van der Waals surface area contributed by atoms with Crippen LogP contribution >= 0.6 is 23.2 Å². The monoisotopic (exact) mass is 295 g/mol. The van der Waals surface area contributed by atoms with Gasteiger partial charge in [-0.15, -0.1) is 0 Å². The number of aryl methyl sites for hydroxylation is 1. The maximum absolute atomic E-state index is 12.0. The fourth-order valence-corrected chi connectivity index (χ4v) is 1.88. The highest BCUT2D eigenvalue weighted by atomic mass is 35.5. The molecule has 0 radical (unpaired) electrons. The lowest BCUT2D eigenvalue weighted by molar-refractivity contribution is 0.0946. The standard InChI is InChI=1S/C13H11Cl2N3O/c1-8-6-16-5-4-9(8)7-17-13(19)12-10(14)2-3-11(15)18-12/h2-6H,7H2,1H3,(H,17,19). The molecule has 0 fully saturated rings. The minimum absolute atomic E-state index is 0.126. The van der Waals surface area contributed by atoms with Crippen molar-refractivity contribution in [2.45, 2.75) is 13.5 Å². The number of hydrogen-bond acceptors (Lipinski definition) is 3. The SMILES string of the molecule is Cc1cnccc1CNC(=O)c1nc(Cl)ccc1Cl. The van der Waals surface area contributed by atoms with Gasteiger partial charge in [0.25, 0.3) is 5.91 Å². The van der Waals surface area contributed by atoms with E-state index in [0.29, 0.717) is 6.54 Å². The summed E-state index contributed by atoms with van der Waals surface area (Å²) in [5, 5.41) is 3.25. The van der Waals surface area contributed by atoms with Crippen molar-refractivity contribution < 1.29 is 4.79 Å². The molecule has 2 aromatic rings. The Morgan fingerprint density at radius 2 is 2.11 bits per heavy atom. The third-order valence-corrected chi connectivity index (χ3v) is 3.12. The van der Waals surface area contributed by atoms with Crippen molar-refractivity contribution in [2.24, 2.45) is 0 Å². The van der Waals surface area contributed by atoms with E-state index in [1.54, 1.807) is 18.5 Å². The van der Waals surface area contributed by atoms with Gasteiger partial charge in [-0.3, -0.25) is 9.78 Å². The summed E-state index contributed by atoms with van der Waals surface area (Å²) in [6.07, 6.45) is 3.42. The molecule has 6 heteroatoms. The topological polar surface area (TPSA) is 54.9 Å². The lowest BCUT2D eigenvalue weighted by Gasteiger charge is -2.08. The zero-order chi connectivity index (χ0) is 13.8. The number of hydrogen-bond donors (Lipinski definition) is 1. The summed E-state index contributed by atoms with van der Waals surface area (Å²) < 4.78 is 0. The summed E-state index contributed by atoms with van der Waals surface area (Å²) in [6.45, 7) is 2.32. The van der Waals surface area contributed by atoms with Gasteiger partial charge < -0.3 is 5.32 Å². The Morgan fingerprint density at radius 1 is 1.32 bits per heavy atom. The van der Waals surface area contributed by atoms with E-state index in [4.69, 9.17) is 23.2 Å². The van der Waals surface area contributed by atoms with E-state index >= 15 is 0 Å². The molecule has 19 heavy (non-hydrogen) atoms. The molecule has 1 amide bonds. The Morgan fingerprint density at radius 3 is 2.84 bits per heavy atom. The van der Waals surface area contributed by atoms with Crippen LogP contribution in [0.15, 0.2) is 30.6 Å². The molecule has 2 rings (SSSR count). The highest BCUT2D eigenvalue weighted by molar-refractivity contribution is 6.34. The van der Waals surface area contributed by atoms with Crippen LogP contribution in [-0.4, -0.2) is 15.9 Å². The van der Waals surface area contributed by atoms with Gasteiger partial charge in [-0.1, -0.05) is 23.2 Å². The van der Waals surface area contributed by atoms with Crippen molar-refractivity contribution in [1.82, 2.24) is 15.3 Å². The molecule has 2 aromatic heterocycles. The van der Waals surface area contributed by atoms with E-state index in [-0.39, 0.29) is 21.8 Å². The van der Waals surface area contributed by atoms with Crippen LogP contribution in [0.2, 0.25) is 10.2 Å². The van der Waals surface area contributed by atoms with Crippen molar-refractivity contribution in [3.05, 3.63) is 57.6 Å². The molecular weight excluding hydrogens is 285 g/mol. The summed E-state index contributed by atoms with van der Waals surface area (Å²) in [6, 6.07) is 4.93. The van der Waals surface area contributed by atoms with Crippen molar-refractivity contribution in [3.63, 3.8) is 0 Å². The van der Waals surface area contributed by atoms with Gasteiger partial charge in [-0.2, -0.15) is 0 Å². The first-order valence-electron chi connectivity index (χ1n) is 5.57. The largest absolute Gasteiger partial charge is 0.347 e. The highest BCUT2D eigenvalue weighted by Gasteiger charge is 2.12. The summed E-state index contributed by atoms with van der Waals surface area (Å²) in [5.41, 5.74) is 2.12. The fraction of sp³-hybridized carbons (Fsp3) is 0.154. The van der Waals surface area contributed by atoms with Crippen LogP contribution in [0.3, 0.4) is 0 Å². The molecule has 0 atom stereocenters. The second kappa shape index (κ2) is 5.99. The lowest BCUT2D eigenvalue weighted by atomic mass is 10.1. The van der Waals surface area contributed by atoms with Gasteiger partial charge in [0.05, 0.1) is 5.02 Å². The number of nitrogens with one attached hydrogen (secondary N) is 1. The molecular formula is C13H11Cl2N3O. The average Bonchev–Trinajstić information content (AvgIpc) is 2.40. The zero-order valence-electron chi connectivity index (χ0n) is 10.2. The molecule has 0 unspecified atom stereocenters. The number of halogens is 2. The normalized spacial score (nSPS) is 10.3. The molecule has 2 heterocycles. The average molecular weight is 296 g/mol. The first-order valence-corrected chi connectivity index (χ1v) is 6.33. The van der Waals surface area contributed by atoms with Gasteiger partial charge in [0.15, 0.2) is 0 Å². The predicted octanol–water partition coefficient (Wildman–Crippen LogP) is 3.02. The van der Waals surface area contributed by atoms with E-state index < -0.39 is 0 Å². The maximum Gasteiger partial charge on any atom is 0.271 e. The van der Waals surface area contributed by atoms with Crippen molar-refractivity contribution in [3.8, 4) is 0 Å². The van der Waals surface area contributed by atoms with Gasteiger partial charge in [0.1, 0.15) is 10.8 Å². The molecule has 1 N–H and O–H groups in total. The quantitative estimate of drug-likeness (QED) is 0.886. The van der Waals surface area contributed by atoms with Crippen LogP contribution in [0.4, 0.5) is 0 Å². The van der Waals surface area contributed by atoms with Crippen LogP contribution in [-0.2, 0) is 6.54 Å². The van der Waals surface area contributed by atoms with Crippen LogP contribution in [0.1, 0.15) is 21.6 Å². The summed E-state index contributed by atoms with van der Waals surface area (Å²) in [5.74, 6) is -0.358. The second-order valence-electron chi connectivity index (χ2n) is 3.95. The molecule has 0 aliphatic rings. The van der Waals surface area contributed by atoms with Gasteiger partial charge >= 0.3 is 0 Å². The molecule has 0 bridgehead atoms. The second-order valence-corrected chi connectivity index (χ2v) is 4.74. The number of carbonyl (C=O) groups is 1. The Balaban J connectivity index is 2.10. The first-order chi connectivity index (χ1) is 9.08. The first kappa shape index (κ1) is 13.8.